The van der Waals surface area contributed by atoms with Crippen molar-refractivity contribution < 1.29 is 18.7 Å². The number of nitrogens with zero attached hydrogens (tertiary/aromatic N) is 5. The highest BCUT2D eigenvalue weighted by atomic mass is 35.5. The first-order chi connectivity index (χ1) is 17.4. The van der Waals surface area contributed by atoms with Crippen LogP contribution in [0.25, 0.3) is 11.4 Å². The fourth-order valence-corrected chi connectivity index (χ4v) is 3.92. The SMILES string of the molecule is Cn1nnc(-c2ccc(OCCCCC3CC(c4ccc(F)c(OCC=C(Cl)Cl)c4)=NO3)c(Cl)c2)n1. The number of halogens is 4. The maximum atomic E-state index is 14.0. The first-order valence-corrected chi connectivity index (χ1v) is 12.4. The van der Waals surface area contributed by atoms with Crippen molar-refractivity contribution in [2.75, 3.05) is 13.2 Å². The van der Waals surface area contributed by atoms with E-state index in [2.05, 4.69) is 20.6 Å². The number of aryl methyl sites for hydroxylation is 1. The quantitative estimate of drug-likeness (QED) is 0.266. The van der Waals surface area contributed by atoms with Gasteiger partial charge >= 0.3 is 0 Å². The van der Waals surface area contributed by atoms with Gasteiger partial charge in [0.15, 0.2) is 11.6 Å². The lowest BCUT2D eigenvalue weighted by Gasteiger charge is -2.10. The van der Waals surface area contributed by atoms with Crippen LogP contribution in [0.15, 0.2) is 52.1 Å². The highest BCUT2D eigenvalue weighted by Crippen LogP contribution is 2.29. The highest BCUT2D eigenvalue weighted by Gasteiger charge is 2.22. The Kier molecular flexibility index (Phi) is 9.01. The minimum absolute atomic E-state index is 0.0465. The highest BCUT2D eigenvalue weighted by molar-refractivity contribution is 6.55. The van der Waals surface area contributed by atoms with E-state index < -0.39 is 5.82 Å². The summed E-state index contributed by atoms with van der Waals surface area (Å²) in [4.78, 5) is 6.96. The number of unbranched alkanes of at least 4 members (excludes halogenated alkanes) is 1. The molecule has 2 aromatic carbocycles. The number of ether oxygens (including phenoxy) is 2. The molecule has 1 aliphatic heterocycles. The van der Waals surface area contributed by atoms with Crippen molar-refractivity contribution in [3.05, 3.63) is 63.4 Å². The Balaban J connectivity index is 1.19. The van der Waals surface area contributed by atoms with Crippen molar-refractivity contribution >= 4 is 40.5 Å². The normalized spacial score (nSPS) is 14.8. The summed E-state index contributed by atoms with van der Waals surface area (Å²) in [5, 5.41) is 16.6. The van der Waals surface area contributed by atoms with E-state index >= 15 is 0 Å². The Hall–Kier alpha value is -2.88. The van der Waals surface area contributed by atoms with E-state index in [1.807, 2.05) is 6.07 Å². The number of rotatable bonds is 11. The molecule has 0 saturated heterocycles. The number of benzene rings is 2. The second kappa shape index (κ2) is 12.4. The summed E-state index contributed by atoms with van der Waals surface area (Å²) in [7, 11) is 1.70. The molecule has 3 aromatic rings. The summed E-state index contributed by atoms with van der Waals surface area (Å²) < 4.78 is 25.3. The van der Waals surface area contributed by atoms with Crippen LogP contribution >= 0.6 is 34.8 Å². The van der Waals surface area contributed by atoms with Crippen molar-refractivity contribution in [2.24, 2.45) is 12.2 Å². The molecule has 1 unspecified atom stereocenters. The summed E-state index contributed by atoms with van der Waals surface area (Å²) in [6, 6.07) is 9.99. The third-order valence-corrected chi connectivity index (χ3v) is 5.95. The zero-order chi connectivity index (χ0) is 25.5. The largest absolute Gasteiger partial charge is 0.492 e. The van der Waals surface area contributed by atoms with Gasteiger partial charge in [0.2, 0.25) is 5.82 Å². The van der Waals surface area contributed by atoms with Crippen molar-refractivity contribution in [3.8, 4) is 22.9 Å². The van der Waals surface area contributed by atoms with Crippen LogP contribution < -0.4 is 9.47 Å². The Morgan fingerprint density at radius 1 is 1.14 bits per heavy atom. The molecule has 190 valence electrons. The van der Waals surface area contributed by atoms with Crippen LogP contribution in [-0.2, 0) is 11.9 Å². The second-order valence-corrected chi connectivity index (χ2v) is 9.43. The molecule has 0 bridgehead atoms. The molecule has 0 radical (unpaired) electrons. The third-order valence-electron chi connectivity index (χ3n) is 5.35. The molecule has 0 amide bonds. The lowest BCUT2D eigenvalue weighted by Crippen LogP contribution is -2.09. The van der Waals surface area contributed by atoms with E-state index in [4.69, 9.17) is 49.1 Å². The predicted molar refractivity (Wildman–Crippen MR) is 136 cm³/mol. The molecule has 0 fully saturated rings. The molecule has 12 heteroatoms. The number of aromatic nitrogens is 4. The van der Waals surface area contributed by atoms with Crippen molar-refractivity contribution in [2.45, 2.75) is 31.8 Å². The van der Waals surface area contributed by atoms with E-state index in [-0.39, 0.29) is 23.0 Å². The van der Waals surface area contributed by atoms with Crippen LogP contribution in [0.5, 0.6) is 11.5 Å². The Labute approximate surface area is 222 Å². The lowest BCUT2D eigenvalue weighted by atomic mass is 10.0. The molecule has 8 nitrogen and oxygen atoms in total. The van der Waals surface area contributed by atoms with Gasteiger partial charge in [-0.3, -0.25) is 0 Å². The summed E-state index contributed by atoms with van der Waals surface area (Å²) in [6.45, 7) is 0.576. The van der Waals surface area contributed by atoms with Crippen molar-refractivity contribution in [1.82, 2.24) is 20.2 Å². The van der Waals surface area contributed by atoms with Crippen LogP contribution in [0.3, 0.4) is 0 Å². The van der Waals surface area contributed by atoms with Crippen LogP contribution in [0.4, 0.5) is 4.39 Å². The fourth-order valence-electron chi connectivity index (χ4n) is 3.55. The number of hydrogen-bond donors (Lipinski definition) is 0. The van der Waals surface area contributed by atoms with Gasteiger partial charge in [0.1, 0.15) is 23.0 Å². The number of tetrazole rings is 1. The zero-order valence-electron chi connectivity index (χ0n) is 19.3. The van der Waals surface area contributed by atoms with Gasteiger partial charge in [-0.25, -0.2) is 4.39 Å². The van der Waals surface area contributed by atoms with Gasteiger partial charge in [-0.15, -0.1) is 10.2 Å². The number of oxime groups is 1. The molecule has 1 atom stereocenters. The molecule has 2 heterocycles. The maximum absolute atomic E-state index is 14.0. The molecular weight excluding hydrogens is 532 g/mol. The molecule has 36 heavy (non-hydrogen) atoms. The molecule has 0 saturated carbocycles. The molecular formula is C24H23Cl3FN5O3. The maximum Gasteiger partial charge on any atom is 0.204 e. The minimum Gasteiger partial charge on any atom is -0.492 e. The van der Waals surface area contributed by atoms with Gasteiger partial charge < -0.3 is 14.3 Å². The van der Waals surface area contributed by atoms with Crippen LogP contribution in [0, 0.1) is 5.82 Å². The number of hydrogen-bond acceptors (Lipinski definition) is 7. The topological polar surface area (TPSA) is 83.7 Å². The predicted octanol–water partition coefficient (Wildman–Crippen LogP) is 6.11. The van der Waals surface area contributed by atoms with Gasteiger partial charge in [-0.2, -0.15) is 4.80 Å². The third kappa shape index (κ3) is 7.09. The first kappa shape index (κ1) is 26.2. The zero-order valence-corrected chi connectivity index (χ0v) is 21.6. The van der Waals surface area contributed by atoms with E-state index in [1.54, 1.807) is 31.3 Å². The second-order valence-electron chi connectivity index (χ2n) is 8.01. The van der Waals surface area contributed by atoms with E-state index in [9.17, 15) is 4.39 Å². The summed E-state index contributed by atoms with van der Waals surface area (Å²) >= 11 is 17.5. The van der Waals surface area contributed by atoms with Crippen LogP contribution in [0.2, 0.25) is 5.02 Å². The average molecular weight is 555 g/mol. The van der Waals surface area contributed by atoms with Gasteiger partial charge in [0.05, 0.1) is 24.4 Å². The summed E-state index contributed by atoms with van der Waals surface area (Å²) in [6.07, 6.45) is 4.54. The Morgan fingerprint density at radius 2 is 1.97 bits per heavy atom. The smallest absolute Gasteiger partial charge is 0.204 e. The standard InChI is InChI=1S/C24H23Cl3FN5O3/c1-33-30-24(29-32-33)16-6-8-21(18(25)12-16)34-10-3-2-4-17-14-20(31-36-17)15-5-7-19(28)22(13-15)35-11-9-23(26)27/h5-9,12-13,17H,2-4,10-11,14H2,1H3. The Bertz CT molecular complexity index is 1260. The summed E-state index contributed by atoms with van der Waals surface area (Å²) in [5.74, 6) is 0.724. The minimum atomic E-state index is -0.478. The van der Waals surface area contributed by atoms with E-state index in [1.165, 1.54) is 16.9 Å². The van der Waals surface area contributed by atoms with Crippen molar-refractivity contribution in [3.63, 3.8) is 0 Å². The molecule has 1 aliphatic rings. The van der Waals surface area contributed by atoms with Gasteiger partial charge in [0, 0.05) is 17.5 Å². The van der Waals surface area contributed by atoms with Crippen molar-refractivity contribution in [1.29, 1.82) is 0 Å². The molecule has 0 spiro atoms. The monoisotopic (exact) mass is 553 g/mol. The van der Waals surface area contributed by atoms with Gasteiger partial charge in [0.25, 0.3) is 0 Å². The average Bonchev–Trinajstić information content (AvgIpc) is 3.50. The fraction of sp³-hybridized carbons (Fsp3) is 0.333. The lowest BCUT2D eigenvalue weighted by molar-refractivity contribution is 0.0762. The van der Waals surface area contributed by atoms with Crippen LogP contribution in [-0.4, -0.2) is 45.2 Å². The van der Waals surface area contributed by atoms with Gasteiger partial charge in [-0.05, 0) is 67.0 Å². The van der Waals surface area contributed by atoms with E-state index in [0.29, 0.717) is 29.6 Å². The molecule has 1 aromatic heterocycles. The Morgan fingerprint density at radius 3 is 2.72 bits per heavy atom. The molecule has 0 aliphatic carbocycles. The molecule has 0 N–H and O–H groups in total. The van der Waals surface area contributed by atoms with Crippen LogP contribution in [0.1, 0.15) is 31.2 Å². The van der Waals surface area contributed by atoms with E-state index in [0.717, 1.165) is 36.1 Å². The van der Waals surface area contributed by atoms with Gasteiger partial charge in [-0.1, -0.05) is 40.0 Å². The first-order valence-electron chi connectivity index (χ1n) is 11.2. The summed E-state index contributed by atoms with van der Waals surface area (Å²) in [5.41, 5.74) is 2.26. The molecule has 4 rings (SSSR count).